The van der Waals surface area contributed by atoms with Gasteiger partial charge in [0, 0.05) is 29.9 Å². The van der Waals surface area contributed by atoms with E-state index < -0.39 is 0 Å². The van der Waals surface area contributed by atoms with Crippen molar-refractivity contribution in [3.05, 3.63) is 95.9 Å². The molecule has 0 aliphatic heterocycles. The summed E-state index contributed by atoms with van der Waals surface area (Å²) in [7, 11) is 0. The van der Waals surface area contributed by atoms with Crippen LogP contribution in [0.3, 0.4) is 0 Å². The van der Waals surface area contributed by atoms with Crippen molar-refractivity contribution in [3.63, 3.8) is 0 Å². The number of thioether (sulfide) groups is 1. The van der Waals surface area contributed by atoms with Crippen LogP contribution in [0.25, 0.3) is 5.65 Å². The van der Waals surface area contributed by atoms with Crippen LogP contribution in [0.4, 0.5) is 5.69 Å². The minimum absolute atomic E-state index is 0.0730. The minimum atomic E-state index is -0.0730. The van der Waals surface area contributed by atoms with Gasteiger partial charge in [-0.1, -0.05) is 24.3 Å². The van der Waals surface area contributed by atoms with Crippen LogP contribution in [0.5, 0.6) is 5.75 Å². The largest absolute Gasteiger partial charge is 0.487 e. The lowest BCUT2D eigenvalue weighted by Crippen LogP contribution is -2.14. The maximum atomic E-state index is 12.3. The molecule has 0 saturated heterocycles. The number of imidazole rings is 1. The summed E-state index contributed by atoms with van der Waals surface area (Å²) in [4.78, 5) is 16.8. The van der Waals surface area contributed by atoms with Gasteiger partial charge in [-0.05, 0) is 42.0 Å². The first-order valence-corrected chi connectivity index (χ1v) is 10.9. The molecule has 154 valence electrons. The number of nitrogens with one attached hydrogen (secondary N) is 1. The number of benzene rings is 2. The molecule has 2 heterocycles. The molecule has 1 N–H and O–H groups in total. The molecule has 0 aliphatic carbocycles. The highest BCUT2D eigenvalue weighted by molar-refractivity contribution is 7.99. The predicted octanol–water partition coefficient (Wildman–Crippen LogP) is 4.66. The van der Waals surface area contributed by atoms with Crippen molar-refractivity contribution < 1.29 is 9.53 Å². The van der Waals surface area contributed by atoms with Gasteiger partial charge in [0.05, 0.1) is 23.1 Å². The lowest BCUT2D eigenvalue weighted by molar-refractivity contribution is -0.113. The summed E-state index contributed by atoms with van der Waals surface area (Å²) in [6.07, 6.45) is 3.88. The Kier molecular flexibility index (Phi) is 6.50. The van der Waals surface area contributed by atoms with Gasteiger partial charge >= 0.3 is 0 Å². The lowest BCUT2D eigenvalue weighted by atomic mass is 10.2. The van der Waals surface area contributed by atoms with Crippen LogP contribution >= 0.6 is 11.8 Å². The third-order valence-corrected chi connectivity index (χ3v) is 5.51. The summed E-state index contributed by atoms with van der Waals surface area (Å²) in [6, 6.07) is 22.7. The van der Waals surface area contributed by atoms with Crippen molar-refractivity contribution in [2.45, 2.75) is 12.4 Å². The number of nitriles is 1. The molecule has 31 heavy (non-hydrogen) atoms. The smallest absolute Gasteiger partial charge is 0.234 e. The van der Waals surface area contributed by atoms with Gasteiger partial charge in [0.15, 0.2) is 0 Å². The quantitative estimate of drug-likeness (QED) is 0.442. The third-order valence-electron chi connectivity index (χ3n) is 4.50. The summed E-state index contributed by atoms with van der Waals surface area (Å²) >= 11 is 1.52. The number of carbonyl (C=O) groups is 1. The molecule has 0 spiro atoms. The van der Waals surface area contributed by atoms with Crippen LogP contribution in [0.1, 0.15) is 16.8 Å². The molecule has 0 saturated carbocycles. The average Bonchev–Trinajstić information content (AvgIpc) is 3.21. The SMILES string of the molecule is N#Cc1ccc(CSCC(=O)Nc2cccc(OCc3cn4ccccc4n3)c2)cc1. The highest BCUT2D eigenvalue weighted by atomic mass is 32.2. The van der Waals surface area contributed by atoms with Crippen LogP contribution in [0.2, 0.25) is 0 Å². The van der Waals surface area contributed by atoms with Crippen molar-refractivity contribution >= 4 is 29.0 Å². The van der Waals surface area contributed by atoms with Gasteiger partial charge in [0.2, 0.25) is 5.91 Å². The fourth-order valence-corrected chi connectivity index (χ4v) is 3.80. The molecular weight excluding hydrogens is 408 g/mol. The lowest BCUT2D eigenvalue weighted by Gasteiger charge is -2.08. The van der Waals surface area contributed by atoms with E-state index in [1.54, 1.807) is 18.2 Å². The Hall–Kier alpha value is -3.76. The zero-order valence-corrected chi connectivity index (χ0v) is 17.5. The van der Waals surface area contributed by atoms with E-state index in [9.17, 15) is 4.79 Å². The van der Waals surface area contributed by atoms with Crippen LogP contribution in [-0.2, 0) is 17.2 Å². The molecule has 0 radical (unpaired) electrons. The molecule has 0 fully saturated rings. The van der Waals surface area contributed by atoms with E-state index in [1.165, 1.54) is 11.8 Å². The number of aromatic nitrogens is 2. The summed E-state index contributed by atoms with van der Waals surface area (Å²) in [6.45, 7) is 0.347. The van der Waals surface area contributed by atoms with E-state index in [4.69, 9.17) is 10.00 Å². The molecule has 6 nitrogen and oxygen atoms in total. The first-order valence-electron chi connectivity index (χ1n) is 9.72. The number of carbonyl (C=O) groups excluding carboxylic acids is 1. The Balaban J connectivity index is 1.26. The molecule has 7 heteroatoms. The molecule has 0 unspecified atom stereocenters. The van der Waals surface area contributed by atoms with E-state index >= 15 is 0 Å². The van der Waals surface area contributed by atoms with Gasteiger partial charge in [-0.25, -0.2) is 4.98 Å². The number of anilines is 1. The normalized spacial score (nSPS) is 10.5. The van der Waals surface area contributed by atoms with Gasteiger partial charge in [0.25, 0.3) is 0 Å². The van der Waals surface area contributed by atoms with Crippen molar-refractivity contribution in [2.24, 2.45) is 0 Å². The molecule has 0 atom stereocenters. The van der Waals surface area contributed by atoms with Crippen molar-refractivity contribution in [1.29, 1.82) is 5.26 Å². The fraction of sp³-hybridized carbons (Fsp3) is 0.125. The second-order valence-electron chi connectivity index (χ2n) is 6.86. The van der Waals surface area contributed by atoms with E-state index in [1.807, 2.05) is 65.3 Å². The number of nitrogens with zero attached hydrogens (tertiary/aromatic N) is 3. The Morgan fingerprint density at radius 3 is 2.81 bits per heavy atom. The van der Waals surface area contributed by atoms with E-state index in [0.717, 1.165) is 16.9 Å². The number of pyridine rings is 1. The molecule has 4 aromatic rings. The number of hydrogen-bond acceptors (Lipinski definition) is 5. The average molecular weight is 429 g/mol. The summed E-state index contributed by atoms with van der Waals surface area (Å²) in [5.41, 5.74) is 4.12. The molecule has 0 aliphatic rings. The van der Waals surface area contributed by atoms with Crippen LogP contribution in [0.15, 0.2) is 79.1 Å². The maximum absolute atomic E-state index is 12.3. The second-order valence-corrected chi connectivity index (χ2v) is 7.85. The van der Waals surface area contributed by atoms with Gasteiger partial charge in [0.1, 0.15) is 18.0 Å². The summed E-state index contributed by atoms with van der Waals surface area (Å²) < 4.78 is 7.80. The van der Waals surface area contributed by atoms with Crippen LogP contribution in [0, 0.1) is 11.3 Å². The minimum Gasteiger partial charge on any atom is -0.487 e. The molecule has 2 aromatic carbocycles. The first-order chi connectivity index (χ1) is 15.2. The molecule has 2 aromatic heterocycles. The number of ether oxygens (including phenoxy) is 1. The van der Waals surface area contributed by atoms with Gasteiger partial charge < -0.3 is 14.5 Å². The predicted molar refractivity (Wildman–Crippen MR) is 122 cm³/mol. The topological polar surface area (TPSA) is 79.4 Å². The highest BCUT2D eigenvalue weighted by Gasteiger charge is 2.06. The van der Waals surface area contributed by atoms with E-state index in [0.29, 0.717) is 35.1 Å². The summed E-state index contributed by atoms with van der Waals surface area (Å²) in [5, 5.41) is 11.7. The summed E-state index contributed by atoms with van der Waals surface area (Å²) in [5.74, 6) is 1.64. The van der Waals surface area contributed by atoms with Crippen molar-refractivity contribution in [3.8, 4) is 11.8 Å². The third kappa shape index (κ3) is 5.65. The Morgan fingerprint density at radius 2 is 2.00 bits per heavy atom. The van der Waals surface area contributed by atoms with Gasteiger partial charge in [-0.3, -0.25) is 4.79 Å². The number of fused-ring (bicyclic) bond motifs is 1. The zero-order valence-electron chi connectivity index (χ0n) is 16.7. The Morgan fingerprint density at radius 1 is 1.13 bits per heavy atom. The molecule has 0 bridgehead atoms. The van der Waals surface area contributed by atoms with Gasteiger partial charge in [-0.15, -0.1) is 11.8 Å². The number of rotatable bonds is 8. The monoisotopic (exact) mass is 428 g/mol. The maximum Gasteiger partial charge on any atom is 0.234 e. The Bertz CT molecular complexity index is 1200. The molecule has 4 rings (SSSR count). The fourth-order valence-electron chi connectivity index (χ4n) is 3.01. The molecule has 1 amide bonds. The van der Waals surface area contributed by atoms with Gasteiger partial charge in [-0.2, -0.15) is 5.26 Å². The Labute approximate surface area is 184 Å². The van der Waals surface area contributed by atoms with Crippen LogP contribution in [-0.4, -0.2) is 21.0 Å². The standard InChI is InChI=1S/C24H20N4O2S/c25-13-18-7-9-19(10-8-18)16-31-17-24(29)27-20-4-3-5-22(12-20)30-15-21-14-28-11-2-1-6-23(28)26-21/h1-12,14H,15-17H2,(H,27,29). The molecular formula is C24H20N4O2S. The van der Waals surface area contributed by atoms with Crippen molar-refractivity contribution in [2.75, 3.05) is 11.1 Å². The van der Waals surface area contributed by atoms with E-state index in [-0.39, 0.29) is 5.91 Å². The number of amides is 1. The van der Waals surface area contributed by atoms with Crippen LogP contribution < -0.4 is 10.1 Å². The first kappa shape index (κ1) is 20.5. The van der Waals surface area contributed by atoms with E-state index in [2.05, 4.69) is 16.4 Å². The number of hydrogen-bond donors (Lipinski definition) is 1. The second kappa shape index (κ2) is 9.83. The zero-order chi connectivity index (χ0) is 21.5. The van der Waals surface area contributed by atoms with Crippen molar-refractivity contribution in [1.82, 2.24) is 9.38 Å². The highest BCUT2D eigenvalue weighted by Crippen LogP contribution is 2.20.